The summed E-state index contributed by atoms with van der Waals surface area (Å²) in [5.74, 6) is -0.436. The van der Waals surface area contributed by atoms with Crippen LogP contribution in [-0.4, -0.2) is 54.5 Å². The van der Waals surface area contributed by atoms with Crippen LogP contribution in [0.15, 0.2) is 42.5 Å². The molecule has 0 saturated carbocycles. The van der Waals surface area contributed by atoms with Gasteiger partial charge in [0.15, 0.2) is 0 Å². The summed E-state index contributed by atoms with van der Waals surface area (Å²) in [6.07, 6.45) is 2.66. The minimum Gasteiger partial charge on any atom is -0.394 e. The molecule has 0 spiro atoms. The average molecular weight is 424 g/mol. The third-order valence-electron chi connectivity index (χ3n) is 5.66. The second kappa shape index (κ2) is 10.0. The summed E-state index contributed by atoms with van der Waals surface area (Å²) >= 11 is 0. The molecule has 0 aliphatic carbocycles. The lowest BCUT2D eigenvalue weighted by Crippen LogP contribution is -2.41. The first-order valence-electron chi connectivity index (χ1n) is 10.8. The maximum atomic E-state index is 12.6. The van der Waals surface area contributed by atoms with E-state index in [1.807, 2.05) is 18.2 Å². The van der Waals surface area contributed by atoms with Crippen molar-refractivity contribution in [3.8, 4) is 0 Å². The van der Waals surface area contributed by atoms with Gasteiger partial charge >= 0.3 is 0 Å². The molecule has 1 aliphatic rings. The number of amides is 2. The van der Waals surface area contributed by atoms with Crippen LogP contribution < -0.4 is 5.32 Å². The van der Waals surface area contributed by atoms with Gasteiger partial charge in [-0.25, -0.2) is 0 Å². The van der Waals surface area contributed by atoms with Crippen molar-refractivity contribution in [3.63, 3.8) is 0 Å². The van der Waals surface area contributed by atoms with Crippen molar-refractivity contribution in [2.24, 2.45) is 0 Å². The van der Waals surface area contributed by atoms with Gasteiger partial charge in [0.2, 0.25) is 11.8 Å². The number of aromatic nitrogens is 1. The molecule has 2 amide bonds. The number of fused-ring (bicyclic) bond motifs is 3. The summed E-state index contributed by atoms with van der Waals surface area (Å²) in [5.41, 5.74) is 3.24. The Morgan fingerprint density at radius 1 is 0.968 bits per heavy atom. The molecular formula is C24H28N2O5. The Morgan fingerprint density at radius 3 is 2.55 bits per heavy atom. The molecule has 0 bridgehead atoms. The van der Waals surface area contributed by atoms with Crippen LogP contribution >= 0.6 is 0 Å². The summed E-state index contributed by atoms with van der Waals surface area (Å²) in [7, 11) is 0. The number of piperidine rings is 1. The second-order valence-corrected chi connectivity index (χ2v) is 7.76. The lowest BCUT2D eigenvalue weighted by molar-refractivity contribution is -0.135. The van der Waals surface area contributed by atoms with E-state index in [0.717, 1.165) is 34.6 Å². The fourth-order valence-corrected chi connectivity index (χ4v) is 4.23. The highest BCUT2D eigenvalue weighted by molar-refractivity contribution is 6.10. The number of benzene rings is 2. The Kier molecular flexibility index (Phi) is 6.96. The predicted octanol–water partition coefficient (Wildman–Crippen LogP) is 2.73. The molecule has 1 atom stereocenters. The first-order valence-corrected chi connectivity index (χ1v) is 10.8. The smallest absolute Gasteiger partial charge is 0.249 e. The number of aliphatic hydroxyl groups excluding tert-OH is 1. The number of aliphatic hydroxyl groups is 1. The Bertz CT molecular complexity index is 1070. The zero-order valence-electron chi connectivity index (χ0n) is 17.5. The lowest BCUT2D eigenvalue weighted by atomic mass is 10.0. The molecule has 4 rings (SSSR count). The molecule has 164 valence electrons. The predicted molar refractivity (Wildman–Crippen MR) is 118 cm³/mol. The lowest BCUT2D eigenvalue weighted by Gasteiger charge is -2.24. The van der Waals surface area contributed by atoms with Gasteiger partial charge in [-0.15, -0.1) is 0 Å². The van der Waals surface area contributed by atoms with E-state index >= 15 is 0 Å². The summed E-state index contributed by atoms with van der Waals surface area (Å²) in [5, 5.41) is 13.4. The van der Waals surface area contributed by atoms with E-state index in [1.165, 1.54) is 5.56 Å². The number of imide groups is 1. The third kappa shape index (κ3) is 4.79. The average Bonchev–Trinajstić information content (AvgIpc) is 3.09. The molecule has 7 nitrogen and oxygen atoms in total. The molecule has 1 unspecified atom stereocenters. The number of hydrogen-bond donors (Lipinski definition) is 2. The van der Waals surface area contributed by atoms with Gasteiger partial charge in [-0.1, -0.05) is 24.3 Å². The van der Waals surface area contributed by atoms with Crippen LogP contribution in [0.3, 0.4) is 0 Å². The normalized spacial score (nSPS) is 16.9. The van der Waals surface area contributed by atoms with Gasteiger partial charge < -0.3 is 19.1 Å². The fourth-order valence-electron chi connectivity index (χ4n) is 4.23. The highest BCUT2D eigenvalue weighted by Crippen LogP contribution is 2.35. The molecule has 1 fully saturated rings. The minimum atomic E-state index is -0.382. The number of hydrogen-bond acceptors (Lipinski definition) is 5. The van der Waals surface area contributed by atoms with Crippen molar-refractivity contribution in [1.82, 2.24) is 9.88 Å². The van der Waals surface area contributed by atoms with Crippen LogP contribution in [0.25, 0.3) is 21.8 Å². The third-order valence-corrected chi connectivity index (χ3v) is 5.66. The van der Waals surface area contributed by atoms with E-state index in [2.05, 4.69) is 34.1 Å². The van der Waals surface area contributed by atoms with Crippen LogP contribution in [0.1, 0.15) is 30.9 Å². The SMILES string of the molecule is O=C1CCC(n2c3ccccc3c3cc(CCCOCCOCCO)ccc32)C(=O)N1. The largest absolute Gasteiger partial charge is 0.394 e. The summed E-state index contributed by atoms with van der Waals surface area (Å²) in [4.78, 5) is 24.2. The number of aryl methyl sites for hydroxylation is 1. The molecule has 2 aromatic carbocycles. The number of nitrogens with zero attached hydrogens (tertiary/aromatic N) is 1. The van der Waals surface area contributed by atoms with Crippen molar-refractivity contribution in [2.45, 2.75) is 31.7 Å². The first-order chi connectivity index (χ1) is 15.2. The van der Waals surface area contributed by atoms with Crippen LogP contribution in [0.2, 0.25) is 0 Å². The molecule has 2 N–H and O–H groups in total. The Labute approximate surface area is 180 Å². The van der Waals surface area contributed by atoms with Gasteiger partial charge in [-0.3, -0.25) is 14.9 Å². The van der Waals surface area contributed by atoms with Crippen molar-refractivity contribution in [3.05, 3.63) is 48.0 Å². The molecule has 31 heavy (non-hydrogen) atoms. The number of para-hydroxylation sites is 1. The quantitative estimate of drug-likeness (QED) is 0.386. The maximum Gasteiger partial charge on any atom is 0.249 e. The van der Waals surface area contributed by atoms with Crippen LogP contribution in [-0.2, 0) is 25.5 Å². The highest BCUT2D eigenvalue weighted by atomic mass is 16.5. The van der Waals surface area contributed by atoms with Gasteiger partial charge in [0.05, 0.1) is 26.4 Å². The van der Waals surface area contributed by atoms with E-state index in [0.29, 0.717) is 39.3 Å². The summed E-state index contributed by atoms with van der Waals surface area (Å²) < 4.78 is 12.8. The van der Waals surface area contributed by atoms with E-state index < -0.39 is 0 Å². The molecule has 7 heteroatoms. The summed E-state index contributed by atoms with van der Waals surface area (Å²) in [6.45, 7) is 2.04. The number of carbonyl (C=O) groups excluding carboxylic acids is 2. The molecule has 1 aliphatic heterocycles. The monoisotopic (exact) mass is 424 g/mol. The maximum absolute atomic E-state index is 12.6. The van der Waals surface area contributed by atoms with Crippen molar-refractivity contribution < 1.29 is 24.2 Å². The number of ether oxygens (including phenoxy) is 2. The van der Waals surface area contributed by atoms with Gasteiger partial charge in [0, 0.05) is 34.8 Å². The Balaban J connectivity index is 1.50. The van der Waals surface area contributed by atoms with Crippen LogP contribution in [0, 0.1) is 0 Å². The van der Waals surface area contributed by atoms with E-state index in [1.54, 1.807) is 0 Å². The van der Waals surface area contributed by atoms with Gasteiger partial charge in [0.25, 0.3) is 0 Å². The number of carbonyl (C=O) groups is 2. The van der Waals surface area contributed by atoms with E-state index in [9.17, 15) is 9.59 Å². The molecule has 0 radical (unpaired) electrons. The molecule has 2 heterocycles. The summed E-state index contributed by atoms with van der Waals surface area (Å²) in [6, 6.07) is 14.1. The van der Waals surface area contributed by atoms with Gasteiger partial charge in [0.1, 0.15) is 6.04 Å². The van der Waals surface area contributed by atoms with E-state index in [-0.39, 0.29) is 24.5 Å². The van der Waals surface area contributed by atoms with Crippen LogP contribution in [0.5, 0.6) is 0 Å². The van der Waals surface area contributed by atoms with Crippen molar-refractivity contribution in [1.29, 1.82) is 0 Å². The standard InChI is InChI=1S/C24H28N2O5/c27-11-13-31-15-14-30-12-3-4-17-7-8-21-19(16-17)18-5-1-2-6-20(18)26(21)22-9-10-23(28)25-24(22)29/h1-2,5-8,16,22,27H,3-4,9-15H2,(H,25,28,29). The zero-order chi connectivity index (χ0) is 21.6. The Hall–Kier alpha value is -2.74. The molecule has 1 aromatic heterocycles. The van der Waals surface area contributed by atoms with Crippen LogP contribution in [0.4, 0.5) is 0 Å². The topological polar surface area (TPSA) is 89.8 Å². The van der Waals surface area contributed by atoms with Gasteiger partial charge in [-0.05, 0) is 43.0 Å². The Morgan fingerprint density at radius 2 is 1.74 bits per heavy atom. The highest BCUT2D eigenvalue weighted by Gasteiger charge is 2.30. The zero-order valence-corrected chi connectivity index (χ0v) is 17.5. The molecular weight excluding hydrogens is 396 g/mol. The minimum absolute atomic E-state index is 0.0302. The molecule has 1 saturated heterocycles. The number of rotatable bonds is 10. The number of nitrogens with one attached hydrogen (secondary N) is 1. The van der Waals surface area contributed by atoms with E-state index in [4.69, 9.17) is 14.6 Å². The van der Waals surface area contributed by atoms with Crippen molar-refractivity contribution >= 4 is 33.6 Å². The first kappa shape index (κ1) is 21.5. The van der Waals surface area contributed by atoms with Crippen molar-refractivity contribution in [2.75, 3.05) is 33.0 Å². The van der Waals surface area contributed by atoms with Gasteiger partial charge in [-0.2, -0.15) is 0 Å². The molecule has 3 aromatic rings. The second-order valence-electron chi connectivity index (χ2n) is 7.76. The fraction of sp³-hybridized carbons (Fsp3) is 0.417.